The molecule has 4 rings (SSSR count). The van der Waals surface area contributed by atoms with Gasteiger partial charge in [0.2, 0.25) is 10.0 Å². The van der Waals surface area contributed by atoms with Gasteiger partial charge in [-0.05, 0) is 67.1 Å². The van der Waals surface area contributed by atoms with Crippen LogP contribution in [0.5, 0.6) is 0 Å². The highest BCUT2D eigenvalue weighted by Crippen LogP contribution is 2.39. The number of rotatable bonds is 9. The lowest BCUT2D eigenvalue weighted by molar-refractivity contribution is -0.146. The summed E-state index contributed by atoms with van der Waals surface area (Å²) in [5.41, 5.74) is -2.37. The quantitative estimate of drug-likeness (QED) is 0.331. The summed E-state index contributed by atoms with van der Waals surface area (Å²) in [6.45, 7) is 0.157. The number of aliphatic carboxylic acids is 1. The number of pyridine rings is 1. The van der Waals surface area contributed by atoms with Crippen LogP contribution in [0.1, 0.15) is 40.9 Å². The maximum Gasteiger partial charge on any atom is 0.433 e. The lowest BCUT2D eigenvalue weighted by atomic mass is 9.72. The molecule has 1 aliphatic rings. The number of sulfonamides is 1. The summed E-state index contributed by atoms with van der Waals surface area (Å²) in [5, 5.41) is 10.4. The second-order valence-electron chi connectivity index (χ2n) is 10.2. The van der Waals surface area contributed by atoms with Gasteiger partial charge in [0.1, 0.15) is 16.8 Å². The second kappa shape index (κ2) is 11.7. The lowest BCUT2D eigenvalue weighted by Crippen LogP contribution is -2.51. The van der Waals surface area contributed by atoms with Gasteiger partial charge in [0.05, 0.1) is 6.26 Å². The largest absolute Gasteiger partial charge is 0.481 e. The number of anilines is 1. The van der Waals surface area contributed by atoms with Crippen LogP contribution in [-0.4, -0.2) is 48.7 Å². The molecule has 0 amide bonds. The van der Waals surface area contributed by atoms with Crippen LogP contribution in [-0.2, 0) is 45.8 Å². The molecule has 3 aromatic rings. The first-order valence-electron chi connectivity index (χ1n) is 12.7. The smallest absolute Gasteiger partial charge is 0.433 e. The van der Waals surface area contributed by atoms with E-state index >= 15 is 0 Å². The van der Waals surface area contributed by atoms with E-state index in [4.69, 9.17) is 0 Å². The Morgan fingerprint density at radius 1 is 1.05 bits per heavy atom. The molecule has 7 nitrogen and oxygen atoms in total. The monoisotopic (exact) mass is 597 g/mol. The molecule has 1 unspecified atom stereocenters. The number of likely N-dealkylation sites (tertiary alicyclic amines) is 1. The van der Waals surface area contributed by atoms with Gasteiger partial charge >= 0.3 is 12.1 Å². The number of benzene rings is 2. The molecule has 41 heavy (non-hydrogen) atoms. The van der Waals surface area contributed by atoms with Crippen LogP contribution in [0.2, 0.25) is 0 Å². The summed E-state index contributed by atoms with van der Waals surface area (Å²) < 4.78 is 94.5. The molecule has 2 N–H and O–H groups in total. The van der Waals surface area contributed by atoms with Gasteiger partial charge in [-0.15, -0.1) is 0 Å². The van der Waals surface area contributed by atoms with E-state index in [1.54, 1.807) is 27.8 Å². The standard InChI is InChI=1S/C28H28F5N3O4S/c1-41(39,40)35-25-21(29)14-19(15-22(25)30)16-36-13-5-12-27(17-36,26(37)38)20-9-11-24(28(31,32)33)34-23(20)10-8-18-6-3-2-4-7-18/h2-4,6-7,9,11,14-15,35H,5,8,10,12-13,16-17H2,1H3,(H,37,38). The molecule has 1 atom stereocenters. The zero-order valence-electron chi connectivity index (χ0n) is 22.0. The molecule has 220 valence electrons. The summed E-state index contributed by atoms with van der Waals surface area (Å²) in [7, 11) is -3.94. The Bertz CT molecular complexity index is 1510. The first kappa shape index (κ1) is 30.4. The molecule has 1 fully saturated rings. The average molecular weight is 598 g/mol. The fourth-order valence-corrected chi connectivity index (χ4v) is 5.81. The molecule has 0 radical (unpaired) electrons. The molecule has 0 spiro atoms. The summed E-state index contributed by atoms with van der Waals surface area (Å²) in [4.78, 5) is 18.3. The number of carboxylic acid groups (broad SMARTS) is 1. The van der Waals surface area contributed by atoms with E-state index in [1.807, 2.05) is 12.1 Å². The summed E-state index contributed by atoms with van der Waals surface area (Å²) in [6.07, 6.45) is -3.07. The number of piperidine rings is 1. The third-order valence-corrected chi connectivity index (χ3v) is 7.62. The number of carboxylic acids is 1. The molecule has 0 bridgehead atoms. The van der Waals surface area contributed by atoms with Crippen molar-refractivity contribution >= 4 is 21.7 Å². The van der Waals surface area contributed by atoms with Crippen molar-refractivity contribution in [1.82, 2.24) is 9.88 Å². The topological polar surface area (TPSA) is 99.6 Å². The van der Waals surface area contributed by atoms with Gasteiger partial charge in [0.15, 0.2) is 11.6 Å². The first-order chi connectivity index (χ1) is 19.2. The van der Waals surface area contributed by atoms with Crippen LogP contribution in [0.4, 0.5) is 27.6 Å². The number of aryl methyl sites for hydroxylation is 2. The Kier molecular flexibility index (Phi) is 8.69. The van der Waals surface area contributed by atoms with Crippen molar-refractivity contribution in [2.24, 2.45) is 0 Å². The first-order valence-corrected chi connectivity index (χ1v) is 14.6. The van der Waals surface area contributed by atoms with E-state index in [0.717, 1.165) is 30.0 Å². The van der Waals surface area contributed by atoms with Crippen LogP contribution < -0.4 is 4.72 Å². The van der Waals surface area contributed by atoms with Gasteiger partial charge < -0.3 is 5.11 Å². The minimum absolute atomic E-state index is 0.0289. The van der Waals surface area contributed by atoms with Gasteiger partial charge in [-0.3, -0.25) is 14.4 Å². The predicted octanol–water partition coefficient (Wildman–Crippen LogP) is 5.15. The van der Waals surface area contributed by atoms with Crippen molar-refractivity contribution in [3.63, 3.8) is 0 Å². The summed E-state index contributed by atoms with van der Waals surface area (Å²) in [5.74, 6) is -3.51. The fourth-order valence-electron chi connectivity index (χ4n) is 5.24. The van der Waals surface area contributed by atoms with E-state index < -0.39 is 50.6 Å². The van der Waals surface area contributed by atoms with Crippen LogP contribution in [0, 0.1) is 11.6 Å². The SMILES string of the molecule is CS(=O)(=O)Nc1c(F)cc(CN2CCCC(C(=O)O)(c3ccc(C(F)(F)F)nc3CCc3ccccc3)C2)cc1F. The maximum absolute atomic E-state index is 14.6. The van der Waals surface area contributed by atoms with Crippen molar-refractivity contribution < 1.29 is 40.3 Å². The highest BCUT2D eigenvalue weighted by Gasteiger charge is 2.46. The molecule has 2 heterocycles. The minimum atomic E-state index is -4.72. The zero-order valence-corrected chi connectivity index (χ0v) is 22.8. The molecule has 1 saturated heterocycles. The fraction of sp³-hybridized carbons (Fsp3) is 0.357. The molecule has 0 aliphatic carbocycles. The number of aromatic nitrogens is 1. The van der Waals surface area contributed by atoms with Gasteiger partial charge in [-0.1, -0.05) is 36.4 Å². The molecular formula is C28H28F5N3O4S. The molecule has 13 heteroatoms. The predicted molar refractivity (Wildman–Crippen MR) is 142 cm³/mol. The number of nitrogens with zero attached hydrogens (tertiary/aromatic N) is 2. The normalized spacial score (nSPS) is 18.3. The number of halogens is 5. The van der Waals surface area contributed by atoms with Gasteiger partial charge in [-0.2, -0.15) is 13.2 Å². The van der Waals surface area contributed by atoms with Crippen LogP contribution >= 0.6 is 0 Å². The van der Waals surface area contributed by atoms with E-state index in [1.165, 1.54) is 6.07 Å². The van der Waals surface area contributed by atoms with E-state index in [-0.39, 0.29) is 42.8 Å². The number of hydrogen-bond donors (Lipinski definition) is 2. The van der Waals surface area contributed by atoms with E-state index in [0.29, 0.717) is 19.4 Å². The van der Waals surface area contributed by atoms with Crippen molar-refractivity contribution in [3.05, 3.63) is 94.3 Å². The van der Waals surface area contributed by atoms with Gasteiger partial charge in [0, 0.05) is 18.8 Å². The Labute approximate surface area is 234 Å². The van der Waals surface area contributed by atoms with Crippen LogP contribution in [0.15, 0.2) is 54.6 Å². The molecule has 1 aromatic heterocycles. The second-order valence-corrected chi connectivity index (χ2v) is 11.9. The summed E-state index contributed by atoms with van der Waals surface area (Å²) in [6, 6.07) is 12.9. The Morgan fingerprint density at radius 2 is 1.71 bits per heavy atom. The van der Waals surface area contributed by atoms with E-state index in [9.17, 15) is 40.3 Å². The van der Waals surface area contributed by atoms with Gasteiger partial charge in [-0.25, -0.2) is 22.2 Å². The van der Waals surface area contributed by atoms with Crippen molar-refractivity contribution in [3.8, 4) is 0 Å². The zero-order chi connectivity index (χ0) is 30.0. The van der Waals surface area contributed by atoms with Crippen LogP contribution in [0.3, 0.4) is 0 Å². The number of nitrogens with one attached hydrogen (secondary N) is 1. The molecule has 0 saturated carbocycles. The Hall–Kier alpha value is -3.58. The van der Waals surface area contributed by atoms with Crippen molar-refractivity contribution in [2.45, 2.75) is 43.8 Å². The summed E-state index contributed by atoms with van der Waals surface area (Å²) >= 11 is 0. The highest BCUT2D eigenvalue weighted by atomic mass is 32.2. The minimum Gasteiger partial charge on any atom is -0.481 e. The van der Waals surface area contributed by atoms with Crippen molar-refractivity contribution in [1.29, 1.82) is 0 Å². The third-order valence-electron chi connectivity index (χ3n) is 7.05. The Balaban J connectivity index is 1.67. The Morgan fingerprint density at radius 3 is 2.29 bits per heavy atom. The number of carbonyl (C=O) groups is 1. The highest BCUT2D eigenvalue weighted by molar-refractivity contribution is 7.92. The number of hydrogen-bond acceptors (Lipinski definition) is 5. The number of alkyl halides is 3. The van der Waals surface area contributed by atoms with Crippen molar-refractivity contribution in [2.75, 3.05) is 24.1 Å². The van der Waals surface area contributed by atoms with Gasteiger partial charge in [0.25, 0.3) is 0 Å². The lowest BCUT2D eigenvalue weighted by Gasteiger charge is -2.41. The third kappa shape index (κ3) is 7.20. The average Bonchev–Trinajstić information content (AvgIpc) is 2.89. The van der Waals surface area contributed by atoms with E-state index in [2.05, 4.69) is 4.98 Å². The molecule has 1 aliphatic heterocycles. The molecule has 2 aromatic carbocycles. The van der Waals surface area contributed by atoms with Crippen LogP contribution in [0.25, 0.3) is 0 Å². The molecular weight excluding hydrogens is 569 g/mol. The maximum atomic E-state index is 14.6.